The Hall–Kier alpha value is -1.79. The van der Waals surface area contributed by atoms with Gasteiger partial charge in [-0.1, -0.05) is 11.6 Å². The summed E-state index contributed by atoms with van der Waals surface area (Å²) >= 11 is 6.10. The Morgan fingerprint density at radius 3 is 2.58 bits per heavy atom. The molecule has 1 rings (SSSR count). The van der Waals surface area contributed by atoms with Gasteiger partial charge >= 0.3 is 0 Å². The van der Waals surface area contributed by atoms with Gasteiger partial charge in [0.2, 0.25) is 11.8 Å². The van der Waals surface area contributed by atoms with E-state index in [1.165, 1.54) is 18.9 Å². The quantitative estimate of drug-likeness (QED) is 0.690. The van der Waals surface area contributed by atoms with Gasteiger partial charge in [0, 0.05) is 51.2 Å². The van der Waals surface area contributed by atoms with Crippen LogP contribution in [0.2, 0.25) is 5.02 Å². The number of rotatable bonds is 9. The van der Waals surface area contributed by atoms with E-state index in [0.29, 0.717) is 29.6 Å². The Morgan fingerprint density at radius 1 is 1.29 bits per heavy atom. The number of anilines is 1. The van der Waals surface area contributed by atoms with Crippen molar-refractivity contribution in [1.82, 2.24) is 5.32 Å². The zero-order valence-electron chi connectivity index (χ0n) is 14.6. The minimum atomic E-state index is -0.165. The van der Waals surface area contributed by atoms with E-state index >= 15 is 0 Å². The molecular formula is C17H25ClN2O4. The minimum absolute atomic E-state index is 0.109. The smallest absolute Gasteiger partial charge is 0.223 e. The van der Waals surface area contributed by atoms with Crippen molar-refractivity contribution in [2.24, 2.45) is 0 Å². The molecule has 0 radical (unpaired) electrons. The van der Waals surface area contributed by atoms with Crippen LogP contribution in [0.4, 0.5) is 5.69 Å². The molecule has 0 saturated heterocycles. The van der Waals surface area contributed by atoms with Crippen LogP contribution in [0.3, 0.4) is 0 Å². The number of ether oxygens (including phenoxy) is 2. The van der Waals surface area contributed by atoms with E-state index in [-0.39, 0.29) is 24.8 Å². The van der Waals surface area contributed by atoms with Gasteiger partial charge in [-0.2, -0.15) is 0 Å². The average Bonchev–Trinajstić information content (AvgIpc) is 2.54. The van der Waals surface area contributed by atoms with Crippen molar-refractivity contribution in [3.05, 3.63) is 22.7 Å². The molecule has 24 heavy (non-hydrogen) atoms. The Kier molecular flexibility index (Phi) is 8.57. The number of halogens is 1. The first-order valence-electron chi connectivity index (χ1n) is 7.78. The van der Waals surface area contributed by atoms with Gasteiger partial charge in [0.05, 0.1) is 12.8 Å². The molecule has 2 amide bonds. The zero-order chi connectivity index (χ0) is 18.1. The molecule has 0 heterocycles. The molecule has 0 atom stereocenters. The van der Waals surface area contributed by atoms with Gasteiger partial charge in [-0.3, -0.25) is 9.59 Å². The maximum Gasteiger partial charge on any atom is 0.223 e. The molecule has 0 aromatic heterocycles. The van der Waals surface area contributed by atoms with Crippen LogP contribution in [0.15, 0.2) is 12.1 Å². The number of hydrogen-bond acceptors (Lipinski definition) is 4. The molecule has 0 fully saturated rings. The summed E-state index contributed by atoms with van der Waals surface area (Å²) in [6.45, 7) is 4.73. The van der Waals surface area contributed by atoms with Crippen LogP contribution in [0.1, 0.15) is 25.3 Å². The molecule has 6 nitrogen and oxygen atoms in total. The van der Waals surface area contributed by atoms with Crippen molar-refractivity contribution >= 4 is 29.1 Å². The standard InChI is InChI=1S/C17H25ClN2O4/c1-12-10-15(16(24-4)11-14(12)18)20(13(2)21)8-6-17(22)19-7-5-9-23-3/h10-11H,5-9H2,1-4H3,(H,19,22). The molecular weight excluding hydrogens is 332 g/mol. The summed E-state index contributed by atoms with van der Waals surface area (Å²) in [7, 11) is 3.14. The van der Waals surface area contributed by atoms with Crippen LogP contribution >= 0.6 is 11.6 Å². The first-order chi connectivity index (χ1) is 11.4. The molecule has 0 unspecified atom stereocenters. The molecule has 0 aliphatic rings. The van der Waals surface area contributed by atoms with E-state index in [2.05, 4.69) is 5.32 Å². The number of amides is 2. The highest BCUT2D eigenvalue weighted by Crippen LogP contribution is 2.34. The summed E-state index contributed by atoms with van der Waals surface area (Å²) in [4.78, 5) is 25.4. The van der Waals surface area contributed by atoms with Gasteiger partial charge in [-0.05, 0) is 25.0 Å². The van der Waals surface area contributed by atoms with E-state index in [1.54, 1.807) is 19.2 Å². The van der Waals surface area contributed by atoms with E-state index in [1.807, 2.05) is 6.92 Å². The number of benzene rings is 1. The van der Waals surface area contributed by atoms with Crippen LogP contribution in [0.5, 0.6) is 5.75 Å². The van der Waals surface area contributed by atoms with Gasteiger partial charge in [0.15, 0.2) is 0 Å². The Bertz CT molecular complexity index is 578. The Balaban J connectivity index is 2.76. The van der Waals surface area contributed by atoms with Gasteiger partial charge in [-0.25, -0.2) is 0 Å². The van der Waals surface area contributed by atoms with Gasteiger partial charge in [-0.15, -0.1) is 0 Å². The van der Waals surface area contributed by atoms with Crippen molar-refractivity contribution in [1.29, 1.82) is 0 Å². The molecule has 0 saturated carbocycles. The fourth-order valence-electron chi connectivity index (χ4n) is 2.22. The van der Waals surface area contributed by atoms with Crippen LogP contribution in [0.25, 0.3) is 0 Å². The fourth-order valence-corrected chi connectivity index (χ4v) is 2.37. The highest BCUT2D eigenvalue weighted by molar-refractivity contribution is 6.31. The fraction of sp³-hybridized carbons (Fsp3) is 0.529. The monoisotopic (exact) mass is 356 g/mol. The second kappa shape index (κ2) is 10.2. The zero-order valence-corrected chi connectivity index (χ0v) is 15.4. The van der Waals surface area contributed by atoms with Crippen LogP contribution in [-0.4, -0.2) is 45.7 Å². The van der Waals surface area contributed by atoms with E-state index in [0.717, 1.165) is 12.0 Å². The van der Waals surface area contributed by atoms with Crippen molar-refractivity contribution in [2.45, 2.75) is 26.7 Å². The summed E-state index contributed by atoms with van der Waals surface area (Å²) in [5, 5.41) is 3.37. The average molecular weight is 357 g/mol. The lowest BCUT2D eigenvalue weighted by molar-refractivity contribution is -0.121. The summed E-state index contributed by atoms with van der Waals surface area (Å²) in [5.41, 5.74) is 1.45. The predicted molar refractivity (Wildman–Crippen MR) is 94.9 cm³/mol. The first-order valence-corrected chi connectivity index (χ1v) is 8.16. The van der Waals surface area contributed by atoms with Crippen LogP contribution < -0.4 is 15.0 Å². The topological polar surface area (TPSA) is 67.9 Å². The second-order valence-electron chi connectivity index (χ2n) is 5.39. The third kappa shape index (κ3) is 6.02. The van der Waals surface area contributed by atoms with Crippen molar-refractivity contribution in [3.8, 4) is 5.75 Å². The van der Waals surface area contributed by atoms with Gasteiger partial charge in [0.1, 0.15) is 5.75 Å². The van der Waals surface area contributed by atoms with E-state index in [9.17, 15) is 9.59 Å². The third-order valence-electron chi connectivity index (χ3n) is 3.54. The number of nitrogens with zero attached hydrogens (tertiary/aromatic N) is 1. The number of nitrogens with one attached hydrogen (secondary N) is 1. The number of aryl methyl sites for hydroxylation is 1. The predicted octanol–water partition coefficient (Wildman–Crippen LogP) is 2.55. The normalized spacial score (nSPS) is 10.4. The number of methoxy groups -OCH3 is 2. The largest absolute Gasteiger partial charge is 0.495 e. The Labute approximate surface area is 148 Å². The Morgan fingerprint density at radius 2 is 2.00 bits per heavy atom. The van der Waals surface area contributed by atoms with Crippen molar-refractivity contribution < 1.29 is 19.1 Å². The SMILES string of the molecule is COCCCNC(=O)CCN(C(C)=O)c1cc(C)c(Cl)cc1OC. The summed E-state index contributed by atoms with van der Waals surface area (Å²) in [6, 6.07) is 3.46. The molecule has 1 aromatic carbocycles. The number of carbonyl (C=O) groups is 2. The van der Waals surface area contributed by atoms with E-state index < -0.39 is 0 Å². The minimum Gasteiger partial charge on any atom is -0.495 e. The van der Waals surface area contributed by atoms with Crippen LogP contribution in [0, 0.1) is 6.92 Å². The molecule has 0 aliphatic carbocycles. The van der Waals surface area contributed by atoms with Crippen molar-refractivity contribution in [2.75, 3.05) is 38.8 Å². The lowest BCUT2D eigenvalue weighted by atomic mass is 10.1. The lowest BCUT2D eigenvalue weighted by Gasteiger charge is -2.24. The maximum atomic E-state index is 12.0. The molecule has 0 bridgehead atoms. The van der Waals surface area contributed by atoms with Gasteiger partial charge in [0.25, 0.3) is 0 Å². The van der Waals surface area contributed by atoms with E-state index in [4.69, 9.17) is 21.1 Å². The van der Waals surface area contributed by atoms with Crippen molar-refractivity contribution in [3.63, 3.8) is 0 Å². The first kappa shape index (κ1) is 20.3. The second-order valence-corrected chi connectivity index (χ2v) is 5.80. The molecule has 7 heteroatoms. The van der Waals surface area contributed by atoms with Crippen LogP contribution in [-0.2, 0) is 14.3 Å². The lowest BCUT2D eigenvalue weighted by Crippen LogP contribution is -2.34. The molecule has 1 N–H and O–H groups in total. The summed E-state index contributed by atoms with van der Waals surface area (Å²) in [6.07, 6.45) is 0.959. The molecule has 0 spiro atoms. The molecule has 134 valence electrons. The summed E-state index contributed by atoms with van der Waals surface area (Å²) < 4.78 is 10.2. The highest BCUT2D eigenvalue weighted by atomic mass is 35.5. The van der Waals surface area contributed by atoms with Gasteiger partial charge < -0.3 is 19.7 Å². The number of hydrogen-bond donors (Lipinski definition) is 1. The highest BCUT2D eigenvalue weighted by Gasteiger charge is 2.18. The third-order valence-corrected chi connectivity index (χ3v) is 3.95. The molecule has 1 aromatic rings. The maximum absolute atomic E-state index is 12.0. The number of carbonyl (C=O) groups excluding carboxylic acids is 2. The molecule has 0 aliphatic heterocycles. The summed E-state index contributed by atoms with van der Waals surface area (Å²) in [5.74, 6) is 0.227.